The Hall–Kier alpha value is -2.55. The fourth-order valence-electron chi connectivity index (χ4n) is 2.96. The summed E-state index contributed by atoms with van der Waals surface area (Å²) in [5.74, 6) is 1.61. The molecule has 1 amide bonds. The summed E-state index contributed by atoms with van der Waals surface area (Å²) in [5.41, 5.74) is 0.0359. The lowest BCUT2D eigenvalue weighted by Gasteiger charge is -2.30. The fraction of sp³-hybridized carbons (Fsp3) is 0.667. The van der Waals surface area contributed by atoms with Crippen LogP contribution in [0.3, 0.4) is 0 Å². The third-order valence-electron chi connectivity index (χ3n) is 4.39. The highest BCUT2D eigenvalue weighted by atomic mass is 16.6. The average molecular weight is 421 g/mol. The first kappa shape index (κ1) is 23.7. The number of ether oxygens (including phenoxy) is 2. The number of carbonyl (C=O) groups excluding carboxylic acids is 1. The molecule has 9 heteroatoms. The van der Waals surface area contributed by atoms with Crippen LogP contribution in [0.15, 0.2) is 23.3 Å². The number of guanidine groups is 1. The molecule has 2 rings (SSSR count). The Kier molecular flexibility index (Phi) is 8.28. The van der Waals surface area contributed by atoms with Gasteiger partial charge in [-0.1, -0.05) is 6.07 Å². The lowest BCUT2D eigenvalue weighted by molar-refractivity contribution is 0.0474. The number of carbonyl (C=O) groups is 1. The van der Waals surface area contributed by atoms with Crippen molar-refractivity contribution < 1.29 is 14.3 Å². The van der Waals surface area contributed by atoms with Gasteiger partial charge in [0.2, 0.25) is 0 Å². The standard InChI is InChI=1S/C21H36N6O3/c1-20(2,3)30-19(28)26-21(4,5)15-25-18(22-6)24-14-16-8-7-9-23-17(16)27-10-12-29-13-11-27/h7-9H,10-15H2,1-6H3,(H,26,28)(H2,22,24,25). The van der Waals surface area contributed by atoms with Crippen LogP contribution in [-0.2, 0) is 16.0 Å². The number of hydrogen-bond acceptors (Lipinski definition) is 6. The number of pyridine rings is 1. The Balaban J connectivity index is 1.89. The molecule has 0 atom stereocenters. The summed E-state index contributed by atoms with van der Waals surface area (Å²) >= 11 is 0. The highest BCUT2D eigenvalue weighted by Gasteiger charge is 2.25. The molecule has 0 saturated carbocycles. The molecule has 0 bridgehead atoms. The van der Waals surface area contributed by atoms with E-state index in [4.69, 9.17) is 9.47 Å². The summed E-state index contributed by atoms with van der Waals surface area (Å²) in [7, 11) is 1.72. The van der Waals surface area contributed by atoms with Gasteiger partial charge in [0.1, 0.15) is 11.4 Å². The molecule has 1 aromatic heterocycles. The van der Waals surface area contributed by atoms with E-state index >= 15 is 0 Å². The second-order valence-electron chi connectivity index (χ2n) is 8.88. The van der Waals surface area contributed by atoms with Crippen molar-refractivity contribution in [2.45, 2.75) is 52.3 Å². The monoisotopic (exact) mass is 420 g/mol. The van der Waals surface area contributed by atoms with E-state index < -0.39 is 17.2 Å². The maximum Gasteiger partial charge on any atom is 0.408 e. The first-order valence-electron chi connectivity index (χ1n) is 10.3. The molecule has 168 valence electrons. The minimum absolute atomic E-state index is 0.442. The number of amides is 1. The maximum atomic E-state index is 12.1. The van der Waals surface area contributed by atoms with Gasteiger partial charge >= 0.3 is 6.09 Å². The minimum Gasteiger partial charge on any atom is -0.444 e. The first-order valence-corrected chi connectivity index (χ1v) is 10.3. The zero-order chi connectivity index (χ0) is 22.2. The van der Waals surface area contributed by atoms with E-state index in [2.05, 4.69) is 36.9 Å². The normalized spacial score (nSPS) is 15.5. The number of morpholine rings is 1. The smallest absolute Gasteiger partial charge is 0.408 e. The van der Waals surface area contributed by atoms with Crippen LogP contribution in [0.2, 0.25) is 0 Å². The fourth-order valence-corrected chi connectivity index (χ4v) is 2.96. The highest BCUT2D eigenvalue weighted by Crippen LogP contribution is 2.18. The number of aliphatic imine (C=N–C) groups is 1. The Labute approximate surface area is 179 Å². The van der Waals surface area contributed by atoms with Crippen molar-refractivity contribution in [2.75, 3.05) is 44.8 Å². The van der Waals surface area contributed by atoms with Crippen LogP contribution < -0.4 is 20.9 Å². The first-order chi connectivity index (χ1) is 14.1. The summed E-state index contributed by atoms with van der Waals surface area (Å²) in [6.45, 7) is 13.5. The number of rotatable bonds is 6. The van der Waals surface area contributed by atoms with E-state index in [0.717, 1.165) is 24.5 Å². The van der Waals surface area contributed by atoms with E-state index in [0.29, 0.717) is 32.3 Å². The van der Waals surface area contributed by atoms with E-state index in [9.17, 15) is 4.79 Å². The summed E-state index contributed by atoms with van der Waals surface area (Å²) in [4.78, 5) is 23.1. The highest BCUT2D eigenvalue weighted by molar-refractivity contribution is 5.80. The van der Waals surface area contributed by atoms with Crippen LogP contribution in [0, 0.1) is 0 Å². The molecule has 9 nitrogen and oxygen atoms in total. The van der Waals surface area contributed by atoms with Crippen molar-refractivity contribution in [1.82, 2.24) is 20.9 Å². The van der Waals surface area contributed by atoms with Gasteiger partial charge in [-0.3, -0.25) is 4.99 Å². The summed E-state index contributed by atoms with van der Waals surface area (Å²) in [6.07, 6.45) is 1.37. The molecule has 0 radical (unpaired) electrons. The third kappa shape index (κ3) is 8.06. The molecule has 2 heterocycles. The lowest BCUT2D eigenvalue weighted by atomic mass is 10.1. The summed E-state index contributed by atoms with van der Waals surface area (Å²) in [5, 5.41) is 9.47. The predicted octanol–water partition coefficient (Wildman–Crippen LogP) is 1.89. The van der Waals surface area contributed by atoms with Gasteiger partial charge in [-0.05, 0) is 40.7 Å². The molecule has 1 aromatic rings. The van der Waals surface area contributed by atoms with E-state index in [1.165, 1.54) is 0 Å². The quantitative estimate of drug-likeness (QED) is 0.477. The molecule has 0 spiro atoms. The molecular weight excluding hydrogens is 384 g/mol. The van der Waals surface area contributed by atoms with Crippen molar-refractivity contribution in [2.24, 2.45) is 4.99 Å². The zero-order valence-electron chi connectivity index (χ0n) is 19.0. The Morgan fingerprint density at radius 3 is 2.57 bits per heavy atom. The van der Waals surface area contributed by atoms with Crippen LogP contribution in [0.4, 0.5) is 10.6 Å². The third-order valence-corrected chi connectivity index (χ3v) is 4.39. The SMILES string of the molecule is CN=C(NCc1cccnc1N1CCOCC1)NCC(C)(C)NC(=O)OC(C)(C)C. The molecule has 0 aromatic carbocycles. The van der Waals surface area contributed by atoms with Gasteiger partial charge in [-0.2, -0.15) is 0 Å². The van der Waals surface area contributed by atoms with E-state index in [1.807, 2.05) is 46.9 Å². The van der Waals surface area contributed by atoms with Crippen LogP contribution in [0.5, 0.6) is 0 Å². The predicted molar refractivity (Wildman–Crippen MR) is 119 cm³/mol. The Bertz CT molecular complexity index is 724. The van der Waals surface area contributed by atoms with Gasteiger partial charge in [0.25, 0.3) is 0 Å². The topological polar surface area (TPSA) is 100 Å². The van der Waals surface area contributed by atoms with Gasteiger partial charge < -0.3 is 30.3 Å². The maximum absolute atomic E-state index is 12.1. The number of anilines is 1. The van der Waals surface area contributed by atoms with Crippen molar-refractivity contribution >= 4 is 17.9 Å². The molecule has 1 aliphatic rings. The Morgan fingerprint density at radius 1 is 1.23 bits per heavy atom. The van der Waals surface area contributed by atoms with Gasteiger partial charge in [0.15, 0.2) is 5.96 Å². The van der Waals surface area contributed by atoms with Gasteiger partial charge in [0, 0.05) is 45.0 Å². The summed E-state index contributed by atoms with van der Waals surface area (Å²) < 4.78 is 10.8. The molecule has 1 fully saturated rings. The molecule has 0 unspecified atom stereocenters. The lowest BCUT2D eigenvalue weighted by Crippen LogP contribution is -2.54. The number of alkyl carbamates (subject to hydrolysis) is 1. The zero-order valence-corrected chi connectivity index (χ0v) is 19.0. The second-order valence-corrected chi connectivity index (χ2v) is 8.88. The van der Waals surface area contributed by atoms with Gasteiger partial charge in [-0.25, -0.2) is 9.78 Å². The second kappa shape index (κ2) is 10.5. The van der Waals surface area contributed by atoms with Gasteiger partial charge in [0.05, 0.1) is 18.8 Å². The average Bonchev–Trinajstić information content (AvgIpc) is 2.67. The van der Waals surface area contributed by atoms with Gasteiger partial charge in [-0.15, -0.1) is 0 Å². The van der Waals surface area contributed by atoms with E-state index in [1.54, 1.807) is 7.05 Å². The summed E-state index contributed by atoms with van der Waals surface area (Å²) in [6, 6.07) is 4.00. The molecule has 3 N–H and O–H groups in total. The number of hydrogen-bond donors (Lipinski definition) is 3. The van der Waals surface area contributed by atoms with Crippen molar-refractivity contribution in [1.29, 1.82) is 0 Å². The van der Waals surface area contributed by atoms with Crippen molar-refractivity contribution in [3.63, 3.8) is 0 Å². The van der Waals surface area contributed by atoms with Crippen molar-refractivity contribution in [3.8, 4) is 0 Å². The minimum atomic E-state index is -0.535. The molecular formula is C21H36N6O3. The van der Waals surface area contributed by atoms with Crippen LogP contribution in [0.1, 0.15) is 40.2 Å². The number of nitrogens with one attached hydrogen (secondary N) is 3. The van der Waals surface area contributed by atoms with Crippen LogP contribution in [-0.4, -0.2) is 68.1 Å². The van der Waals surface area contributed by atoms with E-state index in [-0.39, 0.29) is 0 Å². The number of nitrogens with zero attached hydrogens (tertiary/aromatic N) is 3. The largest absolute Gasteiger partial charge is 0.444 e. The van der Waals surface area contributed by atoms with Crippen LogP contribution >= 0.6 is 0 Å². The molecule has 1 saturated heterocycles. The molecule has 0 aliphatic carbocycles. The molecule has 1 aliphatic heterocycles. The van der Waals surface area contributed by atoms with Crippen molar-refractivity contribution in [3.05, 3.63) is 23.9 Å². The Morgan fingerprint density at radius 2 is 1.93 bits per heavy atom. The van der Waals surface area contributed by atoms with Crippen LogP contribution in [0.25, 0.3) is 0 Å². The molecule has 30 heavy (non-hydrogen) atoms. The number of aromatic nitrogens is 1.